The highest BCUT2D eigenvalue weighted by molar-refractivity contribution is 8.27. The third-order valence-electron chi connectivity index (χ3n) is 7.10. The van der Waals surface area contributed by atoms with E-state index in [4.69, 9.17) is 17.0 Å². The van der Waals surface area contributed by atoms with Gasteiger partial charge in [-0.25, -0.2) is 4.68 Å². The van der Waals surface area contributed by atoms with Gasteiger partial charge in [0, 0.05) is 32.7 Å². The largest absolute Gasteiger partial charge is 0.378 e. The molecule has 0 radical (unpaired) electrons. The molecule has 2 aliphatic rings. The van der Waals surface area contributed by atoms with Gasteiger partial charge < -0.3 is 9.64 Å². The molecule has 2 aliphatic heterocycles. The first-order valence-corrected chi connectivity index (χ1v) is 13.5. The highest BCUT2D eigenvalue weighted by Crippen LogP contribution is 2.38. The van der Waals surface area contributed by atoms with E-state index in [1.807, 2.05) is 41.3 Å². The van der Waals surface area contributed by atoms with Crippen molar-refractivity contribution in [1.82, 2.24) is 13.9 Å². The van der Waals surface area contributed by atoms with Crippen LogP contribution in [0.3, 0.4) is 0 Å². The van der Waals surface area contributed by atoms with Crippen molar-refractivity contribution in [2.45, 2.75) is 13.8 Å². The van der Waals surface area contributed by atoms with Gasteiger partial charge in [-0.1, -0.05) is 42.2 Å². The minimum atomic E-state index is -0.435. The van der Waals surface area contributed by atoms with Gasteiger partial charge in [0.2, 0.25) is 0 Å². The van der Waals surface area contributed by atoms with Crippen LogP contribution in [0.1, 0.15) is 22.4 Å². The molecule has 0 spiro atoms. The number of anilines is 2. The first-order chi connectivity index (χ1) is 18.7. The van der Waals surface area contributed by atoms with Crippen LogP contribution in [-0.2, 0) is 23.6 Å². The number of carbonyl (C=O) groups is 1. The van der Waals surface area contributed by atoms with Crippen molar-refractivity contribution in [2.75, 3.05) is 36.1 Å². The Balaban J connectivity index is 1.64. The number of hydrogen-bond acceptors (Lipinski definition) is 8. The smallest absolute Gasteiger partial charge is 0.296 e. The first kappa shape index (κ1) is 26.7. The van der Waals surface area contributed by atoms with E-state index in [2.05, 4.69) is 0 Å². The summed E-state index contributed by atoms with van der Waals surface area (Å²) in [6, 6.07) is 11.2. The maximum atomic E-state index is 13.8. The quantitative estimate of drug-likeness (QED) is 0.353. The van der Waals surface area contributed by atoms with Crippen LogP contribution < -0.4 is 20.9 Å². The van der Waals surface area contributed by atoms with Gasteiger partial charge in [-0.3, -0.25) is 28.5 Å². The zero-order valence-electron chi connectivity index (χ0n) is 21.9. The summed E-state index contributed by atoms with van der Waals surface area (Å²) in [5.41, 5.74) is 1.76. The van der Waals surface area contributed by atoms with Gasteiger partial charge in [-0.05, 0) is 37.6 Å². The van der Waals surface area contributed by atoms with Gasteiger partial charge in [-0.2, -0.15) is 5.26 Å². The van der Waals surface area contributed by atoms with Crippen molar-refractivity contribution < 1.29 is 9.53 Å². The Hall–Kier alpha value is -3.92. The fourth-order valence-electron chi connectivity index (χ4n) is 4.97. The number of thioether (sulfide) groups is 1. The van der Waals surface area contributed by atoms with Gasteiger partial charge in [0.25, 0.3) is 17.0 Å². The number of morpholine rings is 1. The Morgan fingerprint density at radius 3 is 2.36 bits per heavy atom. The molecule has 1 aromatic carbocycles. The molecular weight excluding hydrogens is 536 g/mol. The summed E-state index contributed by atoms with van der Waals surface area (Å²) in [5, 5.41) is 9.72. The van der Waals surface area contributed by atoms with E-state index in [0.717, 1.165) is 11.8 Å². The molecule has 5 rings (SSSR count). The van der Waals surface area contributed by atoms with E-state index >= 15 is 0 Å². The van der Waals surface area contributed by atoms with Crippen LogP contribution in [-0.4, -0.2) is 50.5 Å². The standard InChI is InChI=1S/C27H26N6O4S2/c1-16-19(23(31-10-12-37-13-11-31)29(3)24(34)20(16)15-28)14-21-25(35)32(27(38)39-21)22-17(2)30(4)33(26(22)36)18-8-6-5-7-9-18/h5-9,14H,10-13H2,1-4H3. The highest BCUT2D eigenvalue weighted by Gasteiger charge is 2.38. The van der Waals surface area contributed by atoms with Crippen molar-refractivity contribution in [3.8, 4) is 11.8 Å². The van der Waals surface area contributed by atoms with E-state index in [-0.39, 0.29) is 21.1 Å². The lowest BCUT2D eigenvalue weighted by Crippen LogP contribution is -2.40. The van der Waals surface area contributed by atoms with Crippen LogP contribution in [0.15, 0.2) is 44.8 Å². The third kappa shape index (κ3) is 4.32. The second-order valence-electron chi connectivity index (χ2n) is 9.24. The van der Waals surface area contributed by atoms with Gasteiger partial charge in [0.1, 0.15) is 23.1 Å². The van der Waals surface area contributed by atoms with Crippen LogP contribution in [0, 0.1) is 25.2 Å². The average Bonchev–Trinajstić information content (AvgIpc) is 3.33. The number of rotatable bonds is 4. The van der Waals surface area contributed by atoms with Crippen molar-refractivity contribution in [3.05, 3.63) is 78.3 Å². The van der Waals surface area contributed by atoms with Crippen LogP contribution in [0.4, 0.5) is 11.5 Å². The summed E-state index contributed by atoms with van der Waals surface area (Å²) in [7, 11) is 3.38. The fraction of sp³-hybridized carbons (Fsp3) is 0.296. The summed E-state index contributed by atoms with van der Waals surface area (Å²) < 4.78 is 10.4. The predicted molar refractivity (Wildman–Crippen MR) is 156 cm³/mol. The van der Waals surface area contributed by atoms with Gasteiger partial charge in [0.15, 0.2) is 4.32 Å². The molecule has 0 aliphatic carbocycles. The molecule has 0 unspecified atom stereocenters. The highest BCUT2D eigenvalue weighted by atomic mass is 32.2. The lowest BCUT2D eigenvalue weighted by molar-refractivity contribution is -0.113. The molecule has 12 heteroatoms. The van der Waals surface area contributed by atoms with Crippen LogP contribution in [0.5, 0.6) is 0 Å². The normalized spacial score (nSPS) is 16.8. The average molecular weight is 563 g/mol. The molecule has 0 bridgehead atoms. The number of ether oxygens (including phenoxy) is 1. The number of amides is 1. The number of hydrogen-bond donors (Lipinski definition) is 0. The van der Waals surface area contributed by atoms with E-state index in [1.165, 1.54) is 14.1 Å². The van der Waals surface area contributed by atoms with E-state index < -0.39 is 11.5 Å². The Kier molecular flexibility index (Phi) is 7.07. The summed E-state index contributed by atoms with van der Waals surface area (Å²) in [6.45, 7) is 5.58. The van der Waals surface area contributed by atoms with E-state index in [1.54, 1.807) is 38.7 Å². The maximum absolute atomic E-state index is 13.8. The number of nitriles is 1. The maximum Gasteiger partial charge on any atom is 0.296 e. The number of benzene rings is 1. The van der Waals surface area contributed by atoms with Crippen molar-refractivity contribution in [2.24, 2.45) is 14.1 Å². The van der Waals surface area contributed by atoms with E-state index in [9.17, 15) is 19.6 Å². The predicted octanol–water partition coefficient (Wildman–Crippen LogP) is 2.61. The second-order valence-corrected chi connectivity index (χ2v) is 10.9. The molecule has 1 amide bonds. The first-order valence-electron chi connectivity index (χ1n) is 12.3. The summed E-state index contributed by atoms with van der Waals surface area (Å²) in [5.74, 6) is 0.170. The number of pyridine rings is 1. The topological polar surface area (TPSA) is 106 Å². The molecule has 4 heterocycles. The Morgan fingerprint density at radius 1 is 1.05 bits per heavy atom. The molecule has 0 atom stereocenters. The summed E-state index contributed by atoms with van der Waals surface area (Å²) >= 11 is 6.69. The number of nitrogens with zero attached hydrogens (tertiary/aromatic N) is 6. The zero-order valence-corrected chi connectivity index (χ0v) is 23.6. The van der Waals surface area contributed by atoms with Crippen LogP contribution in [0.25, 0.3) is 11.8 Å². The molecule has 200 valence electrons. The molecule has 3 aromatic rings. The number of aromatic nitrogens is 3. The second kappa shape index (κ2) is 10.3. The lowest BCUT2D eigenvalue weighted by atomic mass is 10.0. The molecule has 39 heavy (non-hydrogen) atoms. The zero-order chi connectivity index (χ0) is 28.0. The molecule has 0 N–H and O–H groups in total. The van der Waals surface area contributed by atoms with Crippen molar-refractivity contribution in [3.63, 3.8) is 0 Å². The minimum absolute atomic E-state index is 0.0147. The summed E-state index contributed by atoms with van der Waals surface area (Å²) in [6.07, 6.45) is 1.67. The monoisotopic (exact) mass is 562 g/mol. The van der Waals surface area contributed by atoms with Gasteiger partial charge >= 0.3 is 0 Å². The minimum Gasteiger partial charge on any atom is -0.378 e. The number of carbonyl (C=O) groups excluding carboxylic acids is 1. The number of thiocarbonyl (C=S) groups is 1. The number of para-hydroxylation sites is 1. The van der Waals surface area contributed by atoms with Crippen molar-refractivity contribution >= 4 is 51.8 Å². The fourth-order valence-corrected chi connectivity index (χ4v) is 6.23. The third-order valence-corrected chi connectivity index (χ3v) is 8.40. The molecule has 2 saturated heterocycles. The Bertz CT molecular complexity index is 1700. The van der Waals surface area contributed by atoms with Crippen molar-refractivity contribution in [1.29, 1.82) is 5.26 Å². The Labute approximate surface area is 234 Å². The SMILES string of the molecule is Cc1c(C=C2SC(=S)N(c3c(C)n(C)n(-c4ccccc4)c3=O)C2=O)c(N2CCOCC2)n(C)c(=O)c1C#N. The van der Waals surface area contributed by atoms with Gasteiger partial charge in [-0.15, -0.1) is 0 Å². The molecule has 2 aromatic heterocycles. The molecule has 2 fully saturated rings. The molecule has 10 nitrogen and oxygen atoms in total. The van der Waals surface area contributed by atoms with Crippen LogP contribution in [0.2, 0.25) is 0 Å². The molecular formula is C27H26N6O4S2. The lowest BCUT2D eigenvalue weighted by Gasteiger charge is -2.32. The van der Waals surface area contributed by atoms with Crippen LogP contribution >= 0.6 is 24.0 Å². The Morgan fingerprint density at radius 2 is 1.72 bits per heavy atom. The summed E-state index contributed by atoms with van der Waals surface area (Å²) in [4.78, 5) is 44.0. The molecule has 0 saturated carbocycles. The van der Waals surface area contributed by atoms with E-state index in [0.29, 0.717) is 59.5 Å². The van der Waals surface area contributed by atoms with Gasteiger partial charge in [0.05, 0.1) is 29.5 Å².